The van der Waals surface area contributed by atoms with Crippen LogP contribution < -0.4 is 51.4 Å². The van der Waals surface area contributed by atoms with Crippen LogP contribution in [0.1, 0.15) is 1.43 Å². The molecular weight excluding hydrogens is 407 g/mol. The van der Waals surface area contributed by atoms with E-state index >= 15 is 0 Å². The average Bonchev–Trinajstić information content (AvgIpc) is 2.07. The minimum atomic E-state index is -6.00. The molecule has 0 fully saturated rings. The largest absolute Gasteiger partial charge is 1.00 e. The van der Waals surface area contributed by atoms with Crippen molar-refractivity contribution in [2.45, 2.75) is 0 Å². The fraction of sp³-hybridized carbons (Fsp3) is 0. The molecule has 1 N–H and O–H groups in total. The Balaban J connectivity index is -0.0000000714. The summed E-state index contributed by atoms with van der Waals surface area (Å²) in [7, 11) is -18.0. The molecule has 0 spiro atoms. The summed E-state index contributed by atoms with van der Waals surface area (Å²) < 4.78 is 129. The minimum Gasteiger partial charge on any atom is -1.00 e. The maximum atomic E-state index is 12.0. The Kier molecular flexibility index (Phi) is 18.7. The van der Waals surface area contributed by atoms with E-state index in [1.54, 1.807) is 0 Å². The molecule has 0 aromatic heterocycles. The van der Waals surface area contributed by atoms with E-state index in [0.717, 1.165) is 6.07 Å². The Morgan fingerprint density at radius 1 is 0.667 bits per heavy atom. The van der Waals surface area contributed by atoms with Crippen LogP contribution in [0.15, 0.2) is 24.3 Å². The number of rotatable bonds is 0. The minimum absolute atomic E-state index is 0. The number of hydrogen-bond donors (Lipinski definition) is 1. The molecule has 24 heavy (non-hydrogen) atoms. The summed E-state index contributed by atoms with van der Waals surface area (Å²) in [5.74, 6) is -0.449. The number of halogens is 13. The molecule has 1 aromatic rings. The summed E-state index contributed by atoms with van der Waals surface area (Å²) >= 11 is 0. The first-order chi connectivity index (χ1) is 9.79. The monoisotopic (exact) mass is 413 g/mol. The number of benzene rings is 1. The Labute approximate surface area is 170 Å². The molecule has 0 aliphatic rings. The van der Waals surface area contributed by atoms with E-state index in [2.05, 4.69) is 0 Å². The van der Waals surface area contributed by atoms with Crippen LogP contribution in [0, 0.1) is 5.82 Å². The van der Waals surface area contributed by atoms with Gasteiger partial charge in [-0.05, 0) is 12.1 Å². The van der Waals surface area contributed by atoms with E-state index in [-0.39, 0.29) is 58.6 Å². The van der Waals surface area contributed by atoms with Gasteiger partial charge in [-0.25, -0.2) is 4.39 Å². The summed E-state index contributed by atoms with van der Waals surface area (Å²) in [4.78, 5) is 0. The predicted octanol–water partition coefficient (Wildman–Crippen LogP) is 2.55. The van der Waals surface area contributed by atoms with Crippen LogP contribution in [0.3, 0.4) is 0 Å². The molecule has 1 rings (SSSR count). The van der Waals surface area contributed by atoms with Crippen LogP contribution in [-0.2, 0) is 0 Å². The summed E-state index contributed by atoms with van der Waals surface area (Å²) in [6.45, 7) is 0. The van der Waals surface area contributed by atoms with Gasteiger partial charge in [-0.1, -0.05) is 6.07 Å². The number of phenolic OH excluding ortho intramolecular Hbond substituents is 1. The van der Waals surface area contributed by atoms with Crippen molar-refractivity contribution < 1.29 is 114 Å². The zero-order valence-electron chi connectivity index (χ0n) is 12.4. The van der Waals surface area contributed by atoms with Crippen molar-refractivity contribution in [2.24, 2.45) is 0 Å². The predicted molar refractivity (Wildman–Crippen MR) is 59.7 cm³/mol. The second-order valence-corrected chi connectivity index (χ2v) is 2.96. The van der Waals surface area contributed by atoms with Gasteiger partial charge in [-0.15, -0.1) is 0 Å². The van der Waals surface area contributed by atoms with Crippen LogP contribution in [0.2, 0.25) is 0 Å². The Hall–Kier alpha value is -0.0588. The van der Waals surface area contributed by atoms with E-state index in [4.69, 9.17) is 5.11 Å². The van der Waals surface area contributed by atoms with Gasteiger partial charge in [0.15, 0.2) is 0 Å². The van der Waals surface area contributed by atoms with Crippen LogP contribution in [-0.4, -0.2) is 26.9 Å². The molecule has 0 saturated heterocycles. The first-order valence-electron chi connectivity index (χ1n) is 4.85. The first kappa shape index (κ1) is 31.7. The molecule has 0 aliphatic carbocycles. The van der Waals surface area contributed by atoms with Crippen molar-refractivity contribution in [2.75, 3.05) is 0 Å². The zero-order chi connectivity index (χ0) is 19.5. The van der Waals surface area contributed by atoms with Crippen molar-refractivity contribution >= 4 is 21.8 Å². The Bertz CT molecular complexity index is 362. The number of hydrogen-bond acceptors (Lipinski definition) is 1. The summed E-state index contributed by atoms with van der Waals surface area (Å²) in [5, 5.41) is 8.57. The van der Waals surface area contributed by atoms with Crippen molar-refractivity contribution in [1.29, 1.82) is 0 Å². The molecule has 18 heteroatoms. The fourth-order valence-electron chi connectivity index (χ4n) is 0.476. The standard InChI is InChI=1S/C6H5FO.3BF4.K.H/c7-5-2-1-3-6(8)4-5;3*2-1(3,4)5;;/h1-4,8H;;;;;/q;3*-1;+1;-1. The third kappa shape index (κ3) is 97.4. The van der Waals surface area contributed by atoms with Gasteiger partial charge < -0.3 is 58.3 Å². The van der Waals surface area contributed by atoms with Crippen molar-refractivity contribution in [3.8, 4) is 5.75 Å². The van der Waals surface area contributed by atoms with Crippen LogP contribution in [0.25, 0.3) is 0 Å². The second kappa shape index (κ2) is 14.1. The zero-order valence-corrected chi connectivity index (χ0v) is 14.5. The SMILES string of the molecule is F[B-](F)(F)F.F[B-](F)(F)F.F[B-](F)(F)F.Oc1cccc(F)c1.[H-].[K+]. The molecule has 0 unspecified atom stereocenters. The van der Waals surface area contributed by atoms with Gasteiger partial charge in [0.25, 0.3) is 0 Å². The van der Waals surface area contributed by atoms with E-state index in [9.17, 15) is 56.2 Å². The van der Waals surface area contributed by atoms with Gasteiger partial charge in [-0.2, -0.15) is 0 Å². The van der Waals surface area contributed by atoms with E-state index in [0.29, 0.717) is 0 Å². The van der Waals surface area contributed by atoms with E-state index in [1.165, 1.54) is 18.2 Å². The normalized spacial score (nSPS) is 10.5. The molecule has 0 aliphatic heterocycles. The second-order valence-electron chi connectivity index (χ2n) is 2.96. The summed E-state index contributed by atoms with van der Waals surface area (Å²) in [5.41, 5.74) is 0. The quantitative estimate of drug-likeness (QED) is 0.513. The molecule has 1 nitrogen and oxygen atoms in total. The van der Waals surface area contributed by atoms with Gasteiger partial charge >= 0.3 is 73.1 Å². The van der Waals surface area contributed by atoms with Crippen molar-refractivity contribution in [3.63, 3.8) is 0 Å². The van der Waals surface area contributed by atoms with Crippen LogP contribution >= 0.6 is 0 Å². The van der Waals surface area contributed by atoms with Gasteiger partial charge in [-0.3, -0.25) is 0 Å². The molecule has 0 amide bonds. The molecule has 1 aromatic carbocycles. The number of phenols is 1. The third-order valence-corrected chi connectivity index (χ3v) is 0.808. The maximum absolute atomic E-state index is 12.0. The maximum Gasteiger partial charge on any atom is 1.00 e. The van der Waals surface area contributed by atoms with Crippen molar-refractivity contribution in [1.82, 2.24) is 0 Å². The summed E-state index contributed by atoms with van der Waals surface area (Å²) in [6.07, 6.45) is 0. The molecule has 0 atom stereocenters. The van der Waals surface area contributed by atoms with E-state index in [1.807, 2.05) is 0 Å². The molecule has 0 bridgehead atoms. The van der Waals surface area contributed by atoms with Gasteiger partial charge in [0.05, 0.1) is 0 Å². The van der Waals surface area contributed by atoms with Crippen LogP contribution in [0.5, 0.6) is 5.75 Å². The Morgan fingerprint density at radius 2 is 0.917 bits per heavy atom. The van der Waals surface area contributed by atoms with Crippen LogP contribution in [0.4, 0.5) is 56.2 Å². The molecule has 0 heterocycles. The first-order valence-corrected chi connectivity index (χ1v) is 4.85. The molecule has 0 radical (unpaired) electrons. The van der Waals surface area contributed by atoms with Crippen molar-refractivity contribution in [3.05, 3.63) is 30.1 Å². The average molecular weight is 413 g/mol. The fourth-order valence-corrected chi connectivity index (χ4v) is 0.476. The molecular formula is C6H6B3F13KO-3. The van der Waals surface area contributed by atoms with Gasteiger partial charge in [0.1, 0.15) is 11.6 Å². The Morgan fingerprint density at radius 3 is 1.04 bits per heavy atom. The topological polar surface area (TPSA) is 20.2 Å². The van der Waals surface area contributed by atoms with E-state index < -0.39 is 27.6 Å². The third-order valence-electron chi connectivity index (χ3n) is 0.808. The molecule has 0 saturated carbocycles. The smallest absolute Gasteiger partial charge is 1.00 e. The summed E-state index contributed by atoms with van der Waals surface area (Å²) in [6, 6.07) is 5.20. The number of aromatic hydroxyl groups is 1. The van der Waals surface area contributed by atoms with Gasteiger partial charge in [0, 0.05) is 6.07 Å². The molecule has 140 valence electrons. The van der Waals surface area contributed by atoms with Gasteiger partial charge in [0.2, 0.25) is 0 Å².